The number of rotatable bonds is 11. The van der Waals surface area contributed by atoms with Gasteiger partial charge in [0.15, 0.2) is 0 Å². The van der Waals surface area contributed by atoms with Crippen molar-refractivity contribution in [3.05, 3.63) is 271 Å². The van der Waals surface area contributed by atoms with E-state index in [1.165, 1.54) is 27.2 Å². The molecule has 6 N–H and O–H groups in total. The first-order valence-electron chi connectivity index (χ1n) is 31.6. The molecule has 0 radical (unpaired) electrons. The van der Waals surface area contributed by atoms with Gasteiger partial charge in [-0.15, -0.1) is 0 Å². The lowest BCUT2D eigenvalue weighted by Gasteiger charge is -2.24. The van der Waals surface area contributed by atoms with Crippen LogP contribution in [0.4, 0.5) is 26.7 Å². The van der Waals surface area contributed by atoms with Crippen molar-refractivity contribution in [3.63, 3.8) is 0 Å². The fourth-order valence-electron chi connectivity index (χ4n) is 11.7. The summed E-state index contributed by atoms with van der Waals surface area (Å²) in [5.41, 5.74) is 17.0. The van der Waals surface area contributed by atoms with Crippen molar-refractivity contribution in [3.8, 4) is 33.4 Å². The SMILES string of the molecule is CC(C)(C)OC(=O)N1C[C@@H](C(=O)Nc2ccc(-c3ccccc3)cc2)[C@H](c2ccccc2)C1.CC(C)(C)OC(=O)N1C[C@@H](C(=O)O)[C@H](c2ccccc2)C1.Nc1ccc(-c2ccccc2)cc1.O=C(Nc1ccc(-c2ccccc2)cc1)[C@@H]1CNC[C@H]1c1ccccc1. The van der Waals surface area contributed by atoms with Crippen molar-refractivity contribution in [2.45, 2.75) is 70.5 Å². The van der Waals surface area contributed by atoms with E-state index in [9.17, 15) is 29.1 Å². The maximum Gasteiger partial charge on any atom is 0.410 e. The quantitative estimate of drug-likeness (QED) is 0.0779. The second kappa shape index (κ2) is 31.6. The number of aliphatic carboxylic acids is 1. The molecular formula is C79H84N6O8. The molecule has 0 unspecified atom stereocenters. The Hall–Kier alpha value is -10.3. The Kier molecular flexibility index (Phi) is 22.8. The zero-order valence-corrected chi connectivity index (χ0v) is 53.7. The molecule has 0 aromatic heterocycles. The van der Waals surface area contributed by atoms with Gasteiger partial charge in [-0.3, -0.25) is 14.4 Å². The van der Waals surface area contributed by atoms with Crippen LogP contribution in [-0.4, -0.2) is 95.3 Å². The second-order valence-electron chi connectivity index (χ2n) is 25.5. The number of hydrogen-bond donors (Lipinski definition) is 5. The first-order valence-corrected chi connectivity index (χ1v) is 31.6. The number of nitrogens with one attached hydrogen (secondary N) is 3. The number of anilines is 3. The Balaban J connectivity index is 0.000000153. The highest BCUT2D eigenvalue weighted by Crippen LogP contribution is 2.37. The second-order valence-corrected chi connectivity index (χ2v) is 25.5. The van der Waals surface area contributed by atoms with Crippen molar-refractivity contribution < 1.29 is 38.6 Å². The van der Waals surface area contributed by atoms with Gasteiger partial charge in [0.25, 0.3) is 0 Å². The fourth-order valence-corrected chi connectivity index (χ4v) is 11.7. The number of carbonyl (C=O) groups is 5. The molecule has 3 heterocycles. The summed E-state index contributed by atoms with van der Waals surface area (Å²) >= 11 is 0. The Bertz CT molecular complexity index is 3830. The summed E-state index contributed by atoms with van der Waals surface area (Å²) in [7, 11) is 0. The van der Waals surface area contributed by atoms with Gasteiger partial charge in [-0.2, -0.15) is 0 Å². The Morgan fingerprint density at radius 1 is 0.387 bits per heavy atom. The Morgan fingerprint density at radius 2 is 0.688 bits per heavy atom. The van der Waals surface area contributed by atoms with Crippen LogP contribution in [-0.2, 0) is 23.9 Å². The minimum Gasteiger partial charge on any atom is -0.481 e. The number of carboxylic acid groups (broad SMARTS) is 1. The number of nitrogens with two attached hydrogens (primary N) is 1. The fraction of sp³-hybridized carbons (Fsp3) is 0.253. The van der Waals surface area contributed by atoms with Crippen LogP contribution in [0.5, 0.6) is 0 Å². The number of ether oxygens (including phenoxy) is 2. The van der Waals surface area contributed by atoms with Gasteiger partial charge in [-0.25, -0.2) is 9.59 Å². The van der Waals surface area contributed by atoms with Crippen molar-refractivity contribution in [1.29, 1.82) is 0 Å². The zero-order chi connectivity index (χ0) is 65.9. The maximum absolute atomic E-state index is 13.3. The molecule has 9 aromatic rings. The van der Waals surface area contributed by atoms with Gasteiger partial charge >= 0.3 is 18.2 Å². The van der Waals surface area contributed by atoms with E-state index in [0.29, 0.717) is 26.2 Å². The van der Waals surface area contributed by atoms with E-state index in [1.807, 2.05) is 227 Å². The van der Waals surface area contributed by atoms with E-state index in [2.05, 4.69) is 64.5 Å². The summed E-state index contributed by atoms with van der Waals surface area (Å²) in [4.78, 5) is 65.5. The summed E-state index contributed by atoms with van der Waals surface area (Å²) in [5, 5.41) is 18.9. The third-order valence-electron chi connectivity index (χ3n) is 16.4. The largest absolute Gasteiger partial charge is 0.481 e. The number of benzene rings is 9. The average Bonchev–Trinajstić information content (AvgIpc) is 1.71. The predicted molar refractivity (Wildman–Crippen MR) is 371 cm³/mol. The smallest absolute Gasteiger partial charge is 0.410 e. The monoisotopic (exact) mass is 1240 g/mol. The van der Waals surface area contributed by atoms with Gasteiger partial charge in [0.05, 0.1) is 17.8 Å². The average molecular weight is 1250 g/mol. The van der Waals surface area contributed by atoms with Crippen molar-refractivity contribution in [2.24, 2.45) is 17.8 Å². The molecule has 3 aliphatic heterocycles. The van der Waals surface area contributed by atoms with Gasteiger partial charge in [-0.1, -0.05) is 218 Å². The molecule has 14 nitrogen and oxygen atoms in total. The van der Waals surface area contributed by atoms with Gasteiger partial charge in [-0.05, 0) is 128 Å². The molecule has 6 atom stereocenters. The first kappa shape index (κ1) is 67.1. The van der Waals surface area contributed by atoms with Crippen LogP contribution in [0, 0.1) is 17.8 Å². The van der Waals surface area contributed by atoms with Crippen LogP contribution < -0.4 is 21.7 Å². The highest BCUT2D eigenvalue weighted by atomic mass is 16.6. The lowest BCUT2D eigenvalue weighted by atomic mass is 9.88. The first-order chi connectivity index (χ1) is 44.7. The summed E-state index contributed by atoms with van der Waals surface area (Å²) in [6.45, 7) is 13.8. The standard InChI is InChI=1S/C28H30N2O3.C23H22N2O.C16H21NO4.C12H11N/c1-28(2,3)33-27(32)30-18-24(22-12-8-5-9-13-22)25(19-30)26(31)29-23-16-14-21(15-17-23)20-10-6-4-7-11-20;26-23(22-16-24-15-21(22)19-9-5-2-6-10-19)25-20-13-11-18(12-14-20)17-7-3-1-4-8-17;1-16(2,3)21-15(20)17-9-12(13(10-17)14(18)19)11-7-5-4-6-8-11;13-12-8-6-11(7-9-12)10-4-2-1-3-5-10/h4-17,24-25H,18-19H2,1-3H3,(H,29,31);1-14,21-22,24H,15-16H2,(H,25,26);4-8,12-13H,9-10H2,1-3H3,(H,18,19);1-9H,13H2/t24-,25+;21-,22+;12-,13+;/m000./s1. The third-order valence-corrected chi connectivity index (χ3v) is 16.4. The third kappa shape index (κ3) is 19.4. The molecule has 14 heteroatoms. The number of nitrogens with zero attached hydrogens (tertiary/aromatic N) is 2. The highest BCUT2D eigenvalue weighted by molar-refractivity contribution is 5.95. The number of amides is 4. The van der Waals surface area contributed by atoms with Gasteiger partial charge in [0.1, 0.15) is 11.2 Å². The summed E-state index contributed by atoms with van der Waals surface area (Å²) < 4.78 is 10.9. The predicted octanol–water partition coefficient (Wildman–Crippen LogP) is 15.9. The van der Waals surface area contributed by atoms with E-state index >= 15 is 0 Å². The van der Waals surface area contributed by atoms with E-state index in [1.54, 1.807) is 25.7 Å². The molecule has 478 valence electrons. The molecule has 12 rings (SSSR count). The number of nitrogen functional groups attached to an aromatic ring is 1. The van der Waals surface area contributed by atoms with Gasteiger partial charge in [0.2, 0.25) is 11.8 Å². The molecule has 0 saturated carbocycles. The summed E-state index contributed by atoms with van der Waals surface area (Å²) in [6, 6.07) is 84.0. The number of carbonyl (C=O) groups excluding carboxylic acids is 4. The minimum absolute atomic E-state index is 0.0498. The molecule has 3 saturated heterocycles. The van der Waals surface area contributed by atoms with Crippen molar-refractivity contribution in [1.82, 2.24) is 15.1 Å². The number of likely N-dealkylation sites (tertiary alicyclic amines) is 2. The van der Waals surface area contributed by atoms with Crippen molar-refractivity contribution >= 4 is 47.0 Å². The van der Waals surface area contributed by atoms with Gasteiger partial charge in [0, 0.05) is 74.1 Å². The molecule has 3 fully saturated rings. The molecule has 0 bridgehead atoms. The van der Waals surface area contributed by atoms with Crippen LogP contribution in [0.2, 0.25) is 0 Å². The number of hydrogen-bond acceptors (Lipinski definition) is 9. The molecule has 9 aromatic carbocycles. The molecule has 4 amide bonds. The van der Waals surface area contributed by atoms with E-state index in [4.69, 9.17) is 15.2 Å². The van der Waals surface area contributed by atoms with Gasteiger partial charge < -0.3 is 46.1 Å². The van der Waals surface area contributed by atoms with E-state index in [0.717, 1.165) is 51.4 Å². The molecule has 0 spiro atoms. The van der Waals surface area contributed by atoms with Crippen LogP contribution >= 0.6 is 0 Å². The maximum atomic E-state index is 13.3. The topological polar surface area (TPSA) is 193 Å². The lowest BCUT2D eigenvalue weighted by molar-refractivity contribution is -0.141. The minimum atomic E-state index is -0.880. The number of carboxylic acids is 1. The Morgan fingerprint density at radius 3 is 1.04 bits per heavy atom. The molecule has 93 heavy (non-hydrogen) atoms. The molecule has 3 aliphatic rings. The van der Waals surface area contributed by atoms with Crippen LogP contribution in [0.25, 0.3) is 33.4 Å². The van der Waals surface area contributed by atoms with Crippen LogP contribution in [0.3, 0.4) is 0 Å². The van der Waals surface area contributed by atoms with E-state index in [-0.39, 0.29) is 54.0 Å². The summed E-state index contributed by atoms with van der Waals surface area (Å²) in [5.74, 6) is -1.98. The van der Waals surface area contributed by atoms with Crippen LogP contribution in [0.1, 0.15) is 76.0 Å². The van der Waals surface area contributed by atoms with Crippen LogP contribution in [0.15, 0.2) is 255 Å². The lowest BCUT2D eigenvalue weighted by Crippen LogP contribution is -2.36. The van der Waals surface area contributed by atoms with Crippen molar-refractivity contribution in [2.75, 3.05) is 55.6 Å². The zero-order valence-electron chi connectivity index (χ0n) is 53.7. The molecule has 0 aliphatic carbocycles. The van der Waals surface area contributed by atoms with E-state index < -0.39 is 29.2 Å². The summed E-state index contributed by atoms with van der Waals surface area (Å²) in [6.07, 6.45) is -0.835. The normalized spacial score (nSPS) is 18.2. The molecular weight excluding hydrogens is 1160 g/mol. The highest BCUT2D eigenvalue weighted by Gasteiger charge is 2.43. The Labute approximate surface area is 546 Å².